The van der Waals surface area contributed by atoms with Crippen molar-refractivity contribution in [3.05, 3.63) is 59.2 Å². The fraction of sp³-hybridized carbons (Fsp3) is 0.111. The first-order valence-corrected chi connectivity index (χ1v) is 7.49. The van der Waals surface area contributed by atoms with Crippen molar-refractivity contribution in [1.82, 2.24) is 5.06 Å². The van der Waals surface area contributed by atoms with Gasteiger partial charge in [-0.15, -0.1) is 0 Å². The van der Waals surface area contributed by atoms with Crippen LogP contribution in [0, 0.1) is 0 Å². The van der Waals surface area contributed by atoms with Crippen molar-refractivity contribution >= 4 is 23.8 Å². The highest BCUT2D eigenvalue weighted by atomic mass is 16.7. The van der Waals surface area contributed by atoms with Crippen LogP contribution in [0.4, 0.5) is 0 Å². The minimum Gasteiger partial charge on any atom is -0.493 e. The standard InChI is InChI=1S/C18H13NO7/c1-10(20)25-14-8-7-11(9-15(14)24-2)18(23)26-19-16(21)12-5-3-4-6-13(12)17(19)22/h3-9H,1-2H3. The van der Waals surface area contributed by atoms with Gasteiger partial charge in [-0.3, -0.25) is 14.4 Å². The molecule has 0 aromatic heterocycles. The van der Waals surface area contributed by atoms with E-state index in [2.05, 4.69) is 0 Å². The number of methoxy groups -OCH3 is 1. The normalized spacial score (nSPS) is 12.6. The lowest BCUT2D eigenvalue weighted by Crippen LogP contribution is -2.32. The van der Waals surface area contributed by atoms with Gasteiger partial charge in [0.05, 0.1) is 23.8 Å². The van der Waals surface area contributed by atoms with E-state index in [1.54, 1.807) is 12.1 Å². The number of nitrogens with zero attached hydrogens (tertiary/aromatic N) is 1. The van der Waals surface area contributed by atoms with E-state index in [4.69, 9.17) is 14.3 Å². The maximum absolute atomic E-state index is 12.3. The molecule has 0 spiro atoms. The number of hydroxylamine groups is 2. The molecule has 0 unspecified atom stereocenters. The molecule has 132 valence electrons. The van der Waals surface area contributed by atoms with Gasteiger partial charge in [0, 0.05) is 6.92 Å². The zero-order valence-corrected chi connectivity index (χ0v) is 13.8. The van der Waals surface area contributed by atoms with Crippen molar-refractivity contribution in [3.8, 4) is 11.5 Å². The quantitative estimate of drug-likeness (QED) is 0.470. The average Bonchev–Trinajstić information content (AvgIpc) is 2.87. The summed E-state index contributed by atoms with van der Waals surface area (Å²) >= 11 is 0. The Morgan fingerprint density at radius 3 is 2.08 bits per heavy atom. The SMILES string of the molecule is COc1cc(C(=O)ON2C(=O)c3ccccc3C2=O)ccc1OC(C)=O. The van der Waals surface area contributed by atoms with Crippen LogP contribution in [-0.2, 0) is 9.63 Å². The number of esters is 1. The summed E-state index contributed by atoms with van der Waals surface area (Å²) in [7, 11) is 1.33. The van der Waals surface area contributed by atoms with Crippen LogP contribution < -0.4 is 9.47 Å². The number of fused-ring (bicyclic) bond motifs is 1. The third-order valence-corrected chi connectivity index (χ3v) is 3.58. The smallest absolute Gasteiger partial charge is 0.364 e. The maximum Gasteiger partial charge on any atom is 0.364 e. The third kappa shape index (κ3) is 3.00. The van der Waals surface area contributed by atoms with Gasteiger partial charge < -0.3 is 14.3 Å². The molecule has 2 amide bonds. The summed E-state index contributed by atoms with van der Waals surface area (Å²) in [5.74, 6) is -2.68. The van der Waals surface area contributed by atoms with E-state index in [1.165, 1.54) is 44.4 Å². The first-order chi connectivity index (χ1) is 12.4. The minimum atomic E-state index is -0.938. The largest absolute Gasteiger partial charge is 0.493 e. The van der Waals surface area contributed by atoms with Gasteiger partial charge in [-0.1, -0.05) is 17.2 Å². The third-order valence-electron chi connectivity index (χ3n) is 3.58. The van der Waals surface area contributed by atoms with Crippen molar-refractivity contribution in [2.24, 2.45) is 0 Å². The van der Waals surface area contributed by atoms with Gasteiger partial charge in [-0.05, 0) is 30.3 Å². The molecule has 0 aliphatic carbocycles. The van der Waals surface area contributed by atoms with Gasteiger partial charge in [0.15, 0.2) is 11.5 Å². The molecule has 2 aromatic rings. The molecular formula is C18H13NO7. The number of ether oxygens (including phenoxy) is 2. The molecule has 0 bridgehead atoms. The summed E-state index contributed by atoms with van der Waals surface area (Å²) in [5.41, 5.74) is 0.329. The number of carbonyl (C=O) groups excluding carboxylic acids is 4. The average molecular weight is 355 g/mol. The van der Waals surface area contributed by atoms with Crippen molar-refractivity contribution in [1.29, 1.82) is 0 Å². The summed E-state index contributed by atoms with van der Waals surface area (Å²) in [6.45, 7) is 1.23. The topological polar surface area (TPSA) is 99.2 Å². The van der Waals surface area contributed by atoms with Gasteiger partial charge in [0.2, 0.25) is 0 Å². The molecule has 3 rings (SSSR count). The number of imide groups is 1. The Hall–Kier alpha value is -3.68. The van der Waals surface area contributed by atoms with Crippen molar-refractivity contribution < 1.29 is 33.5 Å². The molecular weight excluding hydrogens is 342 g/mol. The summed E-state index contributed by atoms with van der Waals surface area (Å²) in [6.07, 6.45) is 0. The molecule has 8 nitrogen and oxygen atoms in total. The van der Waals surface area contributed by atoms with Crippen LogP contribution in [0.2, 0.25) is 0 Å². The number of amides is 2. The van der Waals surface area contributed by atoms with Crippen molar-refractivity contribution in [3.63, 3.8) is 0 Å². The highest BCUT2D eigenvalue weighted by Crippen LogP contribution is 2.29. The predicted molar refractivity (Wildman–Crippen MR) is 86.7 cm³/mol. The second kappa shape index (κ2) is 6.67. The van der Waals surface area contributed by atoms with E-state index in [-0.39, 0.29) is 28.2 Å². The van der Waals surface area contributed by atoms with E-state index in [1.807, 2.05) is 0 Å². The fourth-order valence-corrected chi connectivity index (χ4v) is 2.42. The molecule has 1 aliphatic heterocycles. The van der Waals surface area contributed by atoms with Crippen LogP contribution in [-0.4, -0.2) is 35.9 Å². The Morgan fingerprint density at radius 2 is 1.54 bits per heavy atom. The summed E-state index contributed by atoms with van der Waals surface area (Å²) in [6, 6.07) is 10.1. The number of hydrogen-bond donors (Lipinski definition) is 0. The first-order valence-electron chi connectivity index (χ1n) is 7.49. The Bertz CT molecular complexity index is 900. The zero-order valence-electron chi connectivity index (χ0n) is 13.8. The Labute approximate surface area is 147 Å². The lowest BCUT2D eigenvalue weighted by Gasteiger charge is -2.14. The van der Waals surface area contributed by atoms with Crippen LogP contribution in [0.1, 0.15) is 38.0 Å². The van der Waals surface area contributed by atoms with Gasteiger partial charge in [0.25, 0.3) is 11.8 Å². The predicted octanol–water partition coefficient (Wildman–Crippen LogP) is 1.99. The maximum atomic E-state index is 12.3. The van der Waals surface area contributed by atoms with Gasteiger partial charge in [0.1, 0.15) is 0 Å². The number of hydrogen-bond acceptors (Lipinski definition) is 7. The monoisotopic (exact) mass is 355 g/mol. The van der Waals surface area contributed by atoms with E-state index in [0.717, 1.165) is 0 Å². The molecule has 1 heterocycles. The molecule has 1 aliphatic rings. The molecule has 0 N–H and O–H groups in total. The molecule has 8 heteroatoms. The molecule has 0 atom stereocenters. The molecule has 0 fully saturated rings. The van der Waals surface area contributed by atoms with E-state index < -0.39 is 23.8 Å². The highest BCUT2D eigenvalue weighted by molar-refractivity contribution is 6.21. The number of benzene rings is 2. The van der Waals surface area contributed by atoms with Crippen LogP contribution >= 0.6 is 0 Å². The number of rotatable bonds is 4. The first kappa shape index (κ1) is 17.2. The Kier molecular flexibility index (Phi) is 4.40. The van der Waals surface area contributed by atoms with Gasteiger partial charge in [-0.25, -0.2) is 4.79 Å². The second-order valence-corrected chi connectivity index (χ2v) is 5.29. The van der Waals surface area contributed by atoms with E-state index in [0.29, 0.717) is 5.06 Å². The Balaban J connectivity index is 1.82. The molecule has 26 heavy (non-hydrogen) atoms. The summed E-state index contributed by atoms with van der Waals surface area (Å²) in [5, 5.41) is 0.416. The molecule has 0 saturated heterocycles. The molecule has 2 aromatic carbocycles. The summed E-state index contributed by atoms with van der Waals surface area (Å²) < 4.78 is 10.0. The Morgan fingerprint density at radius 1 is 0.923 bits per heavy atom. The highest BCUT2D eigenvalue weighted by Gasteiger charge is 2.38. The molecule has 0 saturated carbocycles. The van der Waals surface area contributed by atoms with Crippen LogP contribution in [0.5, 0.6) is 11.5 Å². The number of carbonyl (C=O) groups is 4. The van der Waals surface area contributed by atoms with Crippen molar-refractivity contribution in [2.75, 3.05) is 7.11 Å². The summed E-state index contributed by atoms with van der Waals surface area (Å²) in [4.78, 5) is 52.8. The minimum absolute atomic E-state index is 0.00862. The van der Waals surface area contributed by atoms with E-state index in [9.17, 15) is 19.2 Å². The van der Waals surface area contributed by atoms with Gasteiger partial charge >= 0.3 is 11.9 Å². The van der Waals surface area contributed by atoms with Crippen molar-refractivity contribution in [2.45, 2.75) is 6.92 Å². The fourth-order valence-electron chi connectivity index (χ4n) is 2.42. The van der Waals surface area contributed by atoms with E-state index >= 15 is 0 Å². The van der Waals surface area contributed by atoms with Crippen LogP contribution in [0.15, 0.2) is 42.5 Å². The van der Waals surface area contributed by atoms with Gasteiger partial charge in [-0.2, -0.15) is 0 Å². The second-order valence-electron chi connectivity index (χ2n) is 5.29. The van der Waals surface area contributed by atoms with Crippen LogP contribution in [0.25, 0.3) is 0 Å². The zero-order chi connectivity index (χ0) is 18.8. The van der Waals surface area contributed by atoms with Crippen LogP contribution in [0.3, 0.4) is 0 Å². The molecule has 0 radical (unpaired) electrons. The lowest BCUT2D eigenvalue weighted by molar-refractivity contribution is -0.132. The lowest BCUT2D eigenvalue weighted by atomic mass is 10.1.